The van der Waals surface area contributed by atoms with Gasteiger partial charge in [0.05, 0.1) is 32.1 Å². The molecule has 2 aromatic heterocycles. The monoisotopic (exact) mass is 328 g/mol. The highest BCUT2D eigenvalue weighted by molar-refractivity contribution is 6.21. The van der Waals surface area contributed by atoms with Gasteiger partial charge in [0.25, 0.3) is 0 Å². The van der Waals surface area contributed by atoms with Crippen molar-refractivity contribution in [2.24, 2.45) is 0 Å². The first-order chi connectivity index (χ1) is 11.6. The van der Waals surface area contributed by atoms with Gasteiger partial charge in [0.2, 0.25) is 5.75 Å². The molecule has 0 bridgehead atoms. The highest BCUT2D eigenvalue weighted by Gasteiger charge is 2.24. The molecule has 0 radical (unpaired) electrons. The normalized spacial score (nSPS) is 11.5. The minimum absolute atomic E-state index is 0.135. The molecule has 0 saturated heterocycles. The van der Waals surface area contributed by atoms with Crippen LogP contribution in [-0.2, 0) is 0 Å². The molecule has 0 saturated carbocycles. The van der Waals surface area contributed by atoms with Crippen LogP contribution in [0.15, 0.2) is 36.6 Å². The fourth-order valence-electron chi connectivity index (χ4n) is 3.01. The summed E-state index contributed by atoms with van der Waals surface area (Å²) in [6.07, 6.45) is 0. The van der Waals surface area contributed by atoms with Gasteiger partial charge in [0.1, 0.15) is 0 Å². The molecule has 7 nitrogen and oxygen atoms in total. The first-order valence-electron chi connectivity index (χ1n) is 7.05. The minimum Gasteiger partial charge on any atom is -0.493 e. The van der Waals surface area contributed by atoms with Gasteiger partial charge >= 0.3 is 11.3 Å². The average Bonchev–Trinajstić information content (AvgIpc) is 2.59. The van der Waals surface area contributed by atoms with Crippen molar-refractivity contribution in [1.29, 1.82) is 0 Å². The summed E-state index contributed by atoms with van der Waals surface area (Å²) in [5.41, 5.74) is -0.835. The smallest absolute Gasteiger partial charge is 0.344 e. The molecule has 0 aliphatic carbocycles. The van der Waals surface area contributed by atoms with E-state index in [2.05, 4.69) is 0 Å². The zero-order valence-corrected chi connectivity index (χ0v) is 13.1. The van der Waals surface area contributed by atoms with Crippen LogP contribution in [0.4, 0.5) is 0 Å². The maximum atomic E-state index is 12.4. The molecule has 0 fully saturated rings. The maximum absolute atomic E-state index is 12.4. The van der Waals surface area contributed by atoms with Crippen molar-refractivity contribution in [2.75, 3.05) is 21.3 Å². The summed E-state index contributed by atoms with van der Waals surface area (Å²) < 4.78 is 26.6. The van der Waals surface area contributed by atoms with Crippen LogP contribution >= 0.6 is 0 Å². The van der Waals surface area contributed by atoms with Gasteiger partial charge in [-0.25, -0.2) is 9.59 Å². The number of methoxy groups -OCH3 is 3. The maximum Gasteiger partial charge on any atom is 0.344 e. The summed E-state index contributed by atoms with van der Waals surface area (Å²) in [7, 11) is 4.31. The second-order valence-electron chi connectivity index (χ2n) is 5.16. The van der Waals surface area contributed by atoms with Crippen LogP contribution in [-0.4, -0.2) is 21.3 Å². The Morgan fingerprint density at radius 3 is 2.04 bits per heavy atom. The average molecular weight is 328 g/mol. The quantitative estimate of drug-likeness (QED) is 0.422. The molecule has 122 valence electrons. The van der Waals surface area contributed by atoms with E-state index in [1.165, 1.54) is 27.4 Å². The summed E-state index contributed by atoms with van der Waals surface area (Å²) in [6.45, 7) is 0. The standard InChI is InChI=1S/C17H12O7/c1-20-9-5-4-7-11-12-8(17(19)23-13(9)11)6-10(21-2)14(22-3)15(12)24-16(7)18/h4-6H,1-3H3. The van der Waals surface area contributed by atoms with Gasteiger partial charge in [-0.3, -0.25) is 0 Å². The highest BCUT2D eigenvalue weighted by Crippen LogP contribution is 2.42. The molecule has 4 rings (SSSR count). The van der Waals surface area contributed by atoms with Gasteiger partial charge < -0.3 is 23.0 Å². The third-order valence-electron chi connectivity index (χ3n) is 4.05. The van der Waals surface area contributed by atoms with Crippen molar-refractivity contribution in [1.82, 2.24) is 0 Å². The largest absolute Gasteiger partial charge is 0.493 e. The van der Waals surface area contributed by atoms with E-state index in [0.29, 0.717) is 21.9 Å². The van der Waals surface area contributed by atoms with E-state index in [9.17, 15) is 9.59 Å². The number of rotatable bonds is 3. The van der Waals surface area contributed by atoms with Gasteiger partial charge in [0, 0.05) is 10.8 Å². The lowest BCUT2D eigenvalue weighted by Crippen LogP contribution is -2.08. The summed E-state index contributed by atoms with van der Waals surface area (Å²) in [4.78, 5) is 24.8. The van der Waals surface area contributed by atoms with E-state index in [-0.39, 0.29) is 28.1 Å². The number of benzene rings is 2. The van der Waals surface area contributed by atoms with Crippen molar-refractivity contribution < 1.29 is 23.0 Å². The lowest BCUT2D eigenvalue weighted by Gasteiger charge is -2.14. The zero-order chi connectivity index (χ0) is 17.0. The lowest BCUT2D eigenvalue weighted by molar-refractivity contribution is 0.352. The van der Waals surface area contributed by atoms with E-state index in [1.807, 2.05) is 0 Å². The Labute approximate surface area is 134 Å². The molecule has 2 aromatic carbocycles. The molecule has 0 unspecified atom stereocenters. The number of ether oxygens (including phenoxy) is 3. The fourth-order valence-corrected chi connectivity index (χ4v) is 3.01. The minimum atomic E-state index is -0.590. The molecule has 4 aromatic rings. The molecular formula is C17H12O7. The van der Waals surface area contributed by atoms with Crippen molar-refractivity contribution in [2.45, 2.75) is 0 Å². The van der Waals surface area contributed by atoms with Crippen molar-refractivity contribution in [3.05, 3.63) is 39.0 Å². The second kappa shape index (κ2) is 4.89. The predicted molar refractivity (Wildman–Crippen MR) is 86.9 cm³/mol. The Hall–Kier alpha value is -3.22. The van der Waals surface area contributed by atoms with E-state index in [1.54, 1.807) is 12.1 Å². The Balaban J connectivity index is 2.44. The first kappa shape index (κ1) is 14.4. The van der Waals surface area contributed by atoms with E-state index in [0.717, 1.165) is 0 Å². The number of hydrogen-bond donors (Lipinski definition) is 0. The van der Waals surface area contributed by atoms with Crippen LogP contribution in [0.3, 0.4) is 0 Å². The van der Waals surface area contributed by atoms with Crippen molar-refractivity contribution >= 4 is 32.7 Å². The lowest BCUT2D eigenvalue weighted by atomic mass is 10.0. The Morgan fingerprint density at radius 2 is 1.38 bits per heavy atom. The van der Waals surface area contributed by atoms with E-state index < -0.39 is 11.3 Å². The highest BCUT2D eigenvalue weighted by atomic mass is 16.5. The van der Waals surface area contributed by atoms with Gasteiger partial charge in [0.15, 0.2) is 22.7 Å². The molecule has 24 heavy (non-hydrogen) atoms. The predicted octanol–water partition coefficient (Wildman–Crippen LogP) is 2.52. The third kappa shape index (κ3) is 1.66. The van der Waals surface area contributed by atoms with Crippen LogP contribution in [0.1, 0.15) is 0 Å². The summed E-state index contributed by atoms with van der Waals surface area (Å²) in [6, 6.07) is 4.63. The summed E-state index contributed by atoms with van der Waals surface area (Å²) >= 11 is 0. The fraction of sp³-hybridized carbons (Fsp3) is 0.176. The Morgan fingerprint density at radius 1 is 0.750 bits per heavy atom. The molecule has 0 amide bonds. The van der Waals surface area contributed by atoms with Crippen LogP contribution in [0.2, 0.25) is 0 Å². The van der Waals surface area contributed by atoms with Gasteiger partial charge in [-0.2, -0.15) is 0 Å². The van der Waals surface area contributed by atoms with Gasteiger partial charge in [-0.15, -0.1) is 0 Å². The molecule has 0 atom stereocenters. The summed E-state index contributed by atoms with van der Waals surface area (Å²) in [5.74, 6) is 0.854. The molecule has 0 spiro atoms. The molecule has 2 heterocycles. The van der Waals surface area contributed by atoms with Crippen LogP contribution < -0.4 is 25.5 Å². The Bertz CT molecular complexity index is 1200. The van der Waals surface area contributed by atoms with Crippen molar-refractivity contribution in [3.8, 4) is 17.2 Å². The SMILES string of the molecule is COc1cc2c(=O)oc3c(OC)ccc4c(=O)oc(c1OC)c2c34. The van der Waals surface area contributed by atoms with Crippen LogP contribution in [0.25, 0.3) is 32.7 Å². The van der Waals surface area contributed by atoms with E-state index >= 15 is 0 Å². The Kier molecular flexibility index (Phi) is 2.93. The van der Waals surface area contributed by atoms with Crippen molar-refractivity contribution in [3.63, 3.8) is 0 Å². The third-order valence-corrected chi connectivity index (χ3v) is 4.05. The van der Waals surface area contributed by atoms with Crippen LogP contribution in [0, 0.1) is 0 Å². The molecular weight excluding hydrogens is 316 g/mol. The molecule has 7 heteroatoms. The summed E-state index contributed by atoms with van der Waals surface area (Å²) in [5, 5.41) is 1.42. The molecule has 0 N–H and O–H groups in total. The van der Waals surface area contributed by atoms with E-state index in [4.69, 9.17) is 23.0 Å². The molecule has 0 aliphatic rings. The first-order valence-corrected chi connectivity index (χ1v) is 7.05. The van der Waals surface area contributed by atoms with Gasteiger partial charge in [-0.1, -0.05) is 0 Å². The number of hydrogen-bond acceptors (Lipinski definition) is 7. The zero-order valence-electron chi connectivity index (χ0n) is 13.1. The topological polar surface area (TPSA) is 88.1 Å². The molecule has 0 aliphatic heterocycles. The van der Waals surface area contributed by atoms with Gasteiger partial charge in [-0.05, 0) is 18.2 Å². The van der Waals surface area contributed by atoms with Crippen LogP contribution in [0.5, 0.6) is 17.2 Å². The second-order valence-corrected chi connectivity index (χ2v) is 5.16.